The van der Waals surface area contributed by atoms with Gasteiger partial charge in [0.1, 0.15) is 0 Å². The van der Waals surface area contributed by atoms with Crippen molar-refractivity contribution in [3.05, 3.63) is 150 Å². The first-order chi connectivity index (χ1) is 18.3. The summed E-state index contributed by atoms with van der Waals surface area (Å²) in [5.74, 6) is 1.96. The van der Waals surface area contributed by atoms with Crippen LogP contribution in [-0.2, 0) is 19.2 Å². The van der Waals surface area contributed by atoms with Crippen LogP contribution in [0.4, 0.5) is 0 Å². The molecular formula is C34H32IO2P. The van der Waals surface area contributed by atoms with Crippen LogP contribution in [0.1, 0.15) is 16.7 Å². The molecule has 0 bridgehead atoms. The Morgan fingerprint density at radius 2 is 1.13 bits per heavy atom. The molecule has 5 aromatic rings. The zero-order valence-electron chi connectivity index (χ0n) is 21.3. The van der Waals surface area contributed by atoms with Crippen LogP contribution in [-0.4, -0.2) is 6.61 Å². The van der Waals surface area contributed by atoms with Crippen molar-refractivity contribution in [1.82, 2.24) is 0 Å². The summed E-state index contributed by atoms with van der Waals surface area (Å²) >= 11 is 0. The van der Waals surface area contributed by atoms with Crippen LogP contribution in [0.25, 0.3) is 0 Å². The molecule has 0 saturated heterocycles. The van der Waals surface area contributed by atoms with Gasteiger partial charge in [-0.2, -0.15) is 0 Å². The fourth-order valence-corrected chi connectivity index (χ4v) is 10.3. The summed E-state index contributed by atoms with van der Waals surface area (Å²) in [4.78, 5) is 0. The molecule has 192 valence electrons. The molecule has 0 spiro atoms. The molecular weight excluding hydrogens is 598 g/mol. The summed E-state index contributed by atoms with van der Waals surface area (Å²) < 4.78 is 12.6. The molecule has 0 unspecified atom stereocenters. The van der Waals surface area contributed by atoms with Crippen molar-refractivity contribution in [3.8, 4) is 11.5 Å². The van der Waals surface area contributed by atoms with E-state index in [1.54, 1.807) is 0 Å². The summed E-state index contributed by atoms with van der Waals surface area (Å²) in [6, 6.07) is 48.0. The average molecular weight is 631 g/mol. The predicted molar refractivity (Wildman–Crippen MR) is 172 cm³/mol. The van der Waals surface area contributed by atoms with Gasteiger partial charge in [0.2, 0.25) is 0 Å². The molecule has 0 atom stereocenters. The van der Waals surface area contributed by atoms with Gasteiger partial charge in [0.05, 0.1) is 0 Å². The number of fused-ring (bicyclic) bond motifs is 1. The van der Waals surface area contributed by atoms with E-state index >= 15 is 0 Å². The topological polar surface area (TPSA) is 18.5 Å². The second-order valence-electron chi connectivity index (χ2n) is 9.62. The molecule has 0 aliphatic carbocycles. The molecule has 5 aromatic carbocycles. The third-order valence-corrected chi connectivity index (χ3v) is 12.2. The first-order valence-electron chi connectivity index (χ1n) is 12.9. The molecule has 1 aliphatic heterocycles. The van der Waals surface area contributed by atoms with Crippen molar-refractivity contribution in [2.24, 2.45) is 0 Å². The van der Waals surface area contributed by atoms with E-state index < -0.39 is 7.26 Å². The van der Waals surface area contributed by atoms with Crippen LogP contribution in [0.3, 0.4) is 0 Å². The Morgan fingerprint density at radius 3 is 1.66 bits per heavy atom. The normalized spacial score (nSPS) is 12.6. The van der Waals surface area contributed by atoms with Gasteiger partial charge in [0.25, 0.3) is 0 Å². The van der Waals surface area contributed by atoms with Crippen molar-refractivity contribution < 1.29 is 9.47 Å². The SMILES string of the molecule is I.c1ccc(COc2cc3c(cc2C[PH](c2ccccc2)(c2ccccc2)c2ccccc2)OCC3)cc1. The van der Waals surface area contributed by atoms with Gasteiger partial charge in [0, 0.05) is 0 Å². The number of hydrogen-bond acceptors (Lipinski definition) is 2. The fraction of sp³-hybridized carbons (Fsp3) is 0.118. The minimum atomic E-state index is -2.47. The minimum absolute atomic E-state index is 0. The summed E-state index contributed by atoms with van der Waals surface area (Å²) in [5, 5.41) is 4.17. The van der Waals surface area contributed by atoms with Gasteiger partial charge in [-0.05, 0) is 0 Å². The molecule has 1 aliphatic rings. The van der Waals surface area contributed by atoms with E-state index in [0.717, 1.165) is 30.7 Å². The maximum atomic E-state index is 6.57. The average Bonchev–Trinajstić information content (AvgIpc) is 3.44. The molecule has 1 heterocycles. The molecule has 0 amide bonds. The quantitative estimate of drug-likeness (QED) is 0.135. The van der Waals surface area contributed by atoms with Gasteiger partial charge in [0.15, 0.2) is 0 Å². The van der Waals surface area contributed by atoms with Crippen LogP contribution in [0, 0.1) is 0 Å². The van der Waals surface area contributed by atoms with E-state index in [1.165, 1.54) is 32.6 Å². The monoisotopic (exact) mass is 630 g/mol. The third-order valence-electron chi connectivity index (χ3n) is 7.37. The standard InChI is InChI=1S/C34H31O2P.HI/c1-5-13-27(14-6-1)25-36-34-23-28-21-22-35-33(28)24-29(34)26-37(30-15-7-2-8-16-30,31-17-9-3-10-18-31)32-19-11-4-12-20-32;/h1-20,23-24,37H,21-22,25-26H2;1H. The van der Waals surface area contributed by atoms with Crippen molar-refractivity contribution in [1.29, 1.82) is 0 Å². The van der Waals surface area contributed by atoms with E-state index in [1.807, 2.05) is 6.07 Å². The van der Waals surface area contributed by atoms with Gasteiger partial charge in [-0.1, -0.05) is 0 Å². The van der Waals surface area contributed by atoms with E-state index in [0.29, 0.717) is 6.61 Å². The number of benzene rings is 5. The van der Waals surface area contributed by atoms with Crippen LogP contribution in [0.5, 0.6) is 11.5 Å². The van der Waals surface area contributed by atoms with Crippen molar-refractivity contribution in [2.75, 3.05) is 6.61 Å². The van der Waals surface area contributed by atoms with Gasteiger partial charge in [-0.3, -0.25) is 0 Å². The molecule has 38 heavy (non-hydrogen) atoms. The molecule has 0 N–H and O–H groups in total. The Labute approximate surface area is 243 Å². The molecule has 0 saturated carbocycles. The third kappa shape index (κ3) is 5.36. The van der Waals surface area contributed by atoms with Gasteiger partial charge >= 0.3 is 220 Å². The van der Waals surface area contributed by atoms with E-state index in [2.05, 4.69) is 127 Å². The maximum absolute atomic E-state index is 6.57. The number of halogens is 1. The zero-order chi connectivity index (χ0) is 24.9. The zero-order valence-corrected chi connectivity index (χ0v) is 24.6. The fourth-order valence-electron chi connectivity index (χ4n) is 5.51. The first kappa shape index (κ1) is 26.5. The van der Waals surface area contributed by atoms with Crippen molar-refractivity contribution in [2.45, 2.75) is 19.2 Å². The van der Waals surface area contributed by atoms with E-state index in [4.69, 9.17) is 9.47 Å². The molecule has 0 radical (unpaired) electrons. The number of hydrogen-bond donors (Lipinski definition) is 0. The van der Waals surface area contributed by atoms with Gasteiger partial charge < -0.3 is 0 Å². The summed E-state index contributed by atoms with van der Waals surface area (Å²) in [6.45, 7) is 1.28. The Morgan fingerprint density at radius 1 is 0.632 bits per heavy atom. The van der Waals surface area contributed by atoms with Crippen molar-refractivity contribution >= 4 is 47.2 Å². The van der Waals surface area contributed by atoms with Crippen molar-refractivity contribution in [3.63, 3.8) is 0 Å². The Balaban J connectivity index is 0.00000294. The van der Waals surface area contributed by atoms with Gasteiger partial charge in [-0.15, -0.1) is 24.0 Å². The van der Waals surface area contributed by atoms with Crippen LogP contribution < -0.4 is 25.4 Å². The Hall–Kier alpha value is -3.14. The van der Waals surface area contributed by atoms with Crippen LogP contribution >= 0.6 is 31.2 Å². The van der Waals surface area contributed by atoms with Gasteiger partial charge in [-0.25, -0.2) is 0 Å². The predicted octanol–water partition coefficient (Wildman–Crippen LogP) is 7.04. The molecule has 2 nitrogen and oxygen atoms in total. The van der Waals surface area contributed by atoms with E-state index in [-0.39, 0.29) is 24.0 Å². The van der Waals surface area contributed by atoms with E-state index in [9.17, 15) is 0 Å². The molecule has 0 aromatic heterocycles. The molecule has 0 fully saturated rings. The van der Waals surface area contributed by atoms with Crippen LogP contribution in [0.2, 0.25) is 0 Å². The Bertz CT molecular complexity index is 1360. The van der Waals surface area contributed by atoms with Crippen LogP contribution in [0.15, 0.2) is 133 Å². The second-order valence-corrected chi connectivity index (χ2v) is 13.5. The summed E-state index contributed by atoms with van der Waals surface area (Å²) in [7, 11) is -2.47. The Kier molecular flexibility index (Phi) is 8.46. The number of rotatable bonds is 8. The molecule has 6 rings (SSSR count). The number of ether oxygens (including phenoxy) is 2. The summed E-state index contributed by atoms with van der Waals surface area (Å²) in [5.41, 5.74) is 3.61. The first-order valence-corrected chi connectivity index (χ1v) is 15.2. The molecule has 4 heteroatoms. The second kappa shape index (κ2) is 12.1. The summed E-state index contributed by atoms with van der Waals surface area (Å²) in [6.07, 6.45) is 1.81.